The minimum Gasteiger partial charge on any atom is -0.385 e. The van der Waals surface area contributed by atoms with Gasteiger partial charge >= 0.3 is 0 Å². The van der Waals surface area contributed by atoms with Gasteiger partial charge in [-0.05, 0) is 37.5 Å². The molecule has 2 heterocycles. The fourth-order valence-electron chi connectivity index (χ4n) is 3.45. The predicted octanol–water partition coefficient (Wildman–Crippen LogP) is 2.47. The number of H-pyrrole nitrogens is 1. The first-order chi connectivity index (χ1) is 12.9. The number of likely N-dealkylation sites (tertiary alicyclic amines) is 1. The van der Waals surface area contributed by atoms with E-state index in [9.17, 15) is 9.59 Å². The molecular weight excluding hydrogens is 368 g/mol. The van der Waals surface area contributed by atoms with Crippen LogP contribution < -0.4 is 5.73 Å². The lowest BCUT2D eigenvalue weighted by atomic mass is 9.75. The molecule has 144 valence electrons. The number of nitrogens with one attached hydrogen (secondary N) is 1. The van der Waals surface area contributed by atoms with Gasteiger partial charge in [0.2, 0.25) is 5.91 Å². The highest BCUT2D eigenvalue weighted by Gasteiger charge is 2.40. The van der Waals surface area contributed by atoms with Gasteiger partial charge in [0.15, 0.2) is 0 Å². The Morgan fingerprint density at radius 3 is 2.70 bits per heavy atom. The highest BCUT2D eigenvalue weighted by Crippen LogP contribution is 2.35. The Hall–Kier alpha value is -2.38. The summed E-state index contributed by atoms with van der Waals surface area (Å²) in [6.07, 6.45) is 1.64. The molecule has 1 aromatic carbocycles. The summed E-state index contributed by atoms with van der Waals surface area (Å²) in [6, 6.07) is 9.01. The smallest absolute Gasteiger partial charge is 0.271 e. The molecule has 0 radical (unpaired) electrons. The minimum absolute atomic E-state index is 0.138. The number of primary amides is 1. The van der Waals surface area contributed by atoms with Crippen LogP contribution in [0.15, 0.2) is 30.3 Å². The van der Waals surface area contributed by atoms with E-state index in [1.165, 1.54) is 0 Å². The van der Waals surface area contributed by atoms with E-state index in [0.29, 0.717) is 55.4 Å². The van der Waals surface area contributed by atoms with Crippen LogP contribution in [0.25, 0.3) is 11.3 Å². The number of hydrogen-bond donors (Lipinski definition) is 2. The number of ether oxygens (including phenoxy) is 1. The lowest BCUT2D eigenvalue weighted by molar-refractivity contribution is -0.131. The van der Waals surface area contributed by atoms with Crippen molar-refractivity contribution in [2.75, 3.05) is 26.8 Å². The summed E-state index contributed by atoms with van der Waals surface area (Å²) in [5.41, 5.74) is 6.93. The highest BCUT2D eigenvalue weighted by atomic mass is 35.5. The summed E-state index contributed by atoms with van der Waals surface area (Å²) in [4.78, 5) is 26.5. The number of nitrogens with zero attached hydrogens (tertiary/aromatic N) is 2. The molecule has 1 aromatic heterocycles. The molecule has 1 fully saturated rings. The molecule has 2 aromatic rings. The van der Waals surface area contributed by atoms with Crippen LogP contribution >= 0.6 is 11.6 Å². The lowest BCUT2D eigenvalue weighted by Gasteiger charge is -2.39. The molecule has 0 unspecified atom stereocenters. The topological polar surface area (TPSA) is 101 Å². The van der Waals surface area contributed by atoms with Crippen LogP contribution in [0.5, 0.6) is 0 Å². The second-order valence-corrected chi connectivity index (χ2v) is 7.29. The summed E-state index contributed by atoms with van der Waals surface area (Å²) >= 11 is 6.01. The number of rotatable bonds is 6. The van der Waals surface area contributed by atoms with E-state index >= 15 is 0 Å². The molecule has 2 amide bonds. The van der Waals surface area contributed by atoms with Crippen LogP contribution in [0.3, 0.4) is 0 Å². The van der Waals surface area contributed by atoms with Gasteiger partial charge in [-0.1, -0.05) is 23.7 Å². The zero-order chi connectivity index (χ0) is 19.4. The van der Waals surface area contributed by atoms with Crippen LogP contribution in [-0.2, 0) is 9.53 Å². The molecule has 1 saturated heterocycles. The van der Waals surface area contributed by atoms with Crippen molar-refractivity contribution < 1.29 is 14.3 Å². The van der Waals surface area contributed by atoms with Crippen molar-refractivity contribution in [1.29, 1.82) is 0 Å². The van der Waals surface area contributed by atoms with Crippen molar-refractivity contribution in [3.63, 3.8) is 0 Å². The molecule has 3 rings (SSSR count). The quantitative estimate of drug-likeness (QED) is 0.790. The Bertz CT molecular complexity index is 828. The molecule has 0 atom stereocenters. The van der Waals surface area contributed by atoms with Gasteiger partial charge < -0.3 is 15.4 Å². The summed E-state index contributed by atoms with van der Waals surface area (Å²) in [5, 5.41) is 7.63. The maximum absolute atomic E-state index is 12.8. The zero-order valence-electron chi connectivity index (χ0n) is 15.2. The average Bonchev–Trinajstić information content (AvgIpc) is 3.16. The largest absolute Gasteiger partial charge is 0.385 e. The van der Waals surface area contributed by atoms with Gasteiger partial charge in [0.05, 0.1) is 11.1 Å². The molecule has 3 N–H and O–H groups in total. The number of nitrogens with two attached hydrogens (primary N) is 1. The van der Waals surface area contributed by atoms with E-state index in [4.69, 9.17) is 22.1 Å². The number of piperidine rings is 1. The molecule has 0 spiro atoms. The third-order valence-corrected chi connectivity index (χ3v) is 5.48. The Morgan fingerprint density at radius 1 is 1.33 bits per heavy atom. The van der Waals surface area contributed by atoms with Gasteiger partial charge in [-0.2, -0.15) is 5.10 Å². The average molecular weight is 391 g/mol. The molecule has 27 heavy (non-hydrogen) atoms. The molecule has 0 bridgehead atoms. The predicted molar refractivity (Wildman–Crippen MR) is 102 cm³/mol. The third-order valence-electron chi connectivity index (χ3n) is 5.24. The van der Waals surface area contributed by atoms with Crippen LogP contribution in [0, 0.1) is 5.41 Å². The molecule has 0 aliphatic carbocycles. The Labute approximate surface area is 162 Å². The second-order valence-electron chi connectivity index (χ2n) is 6.86. The fraction of sp³-hybridized carbons (Fsp3) is 0.421. The van der Waals surface area contributed by atoms with E-state index in [1.54, 1.807) is 30.2 Å². The number of amides is 2. The van der Waals surface area contributed by atoms with Crippen LogP contribution in [0.1, 0.15) is 29.8 Å². The Balaban J connectivity index is 1.68. The summed E-state index contributed by atoms with van der Waals surface area (Å²) in [5.74, 6) is -0.461. The van der Waals surface area contributed by atoms with Gasteiger partial charge in [0.25, 0.3) is 5.91 Å². The molecule has 1 aliphatic rings. The molecule has 1 aliphatic heterocycles. The number of aromatic amines is 1. The van der Waals surface area contributed by atoms with Gasteiger partial charge in [-0.15, -0.1) is 0 Å². The first-order valence-corrected chi connectivity index (χ1v) is 9.22. The first-order valence-electron chi connectivity index (χ1n) is 8.85. The van der Waals surface area contributed by atoms with E-state index in [2.05, 4.69) is 10.2 Å². The minimum atomic E-state index is -0.604. The van der Waals surface area contributed by atoms with Crippen molar-refractivity contribution in [2.24, 2.45) is 11.1 Å². The molecule has 0 saturated carbocycles. The second kappa shape index (κ2) is 8.10. The van der Waals surface area contributed by atoms with Crippen LogP contribution in [0.4, 0.5) is 0 Å². The van der Waals surface area contributed by atoms with Crippen molar-refractivity contribution in [2.45, 2.75) is 19.3 Å². The van der Waals surface area contributed by atoms with Crippen LogP contribution in [0.2, 0.25) is 5.02 Å². The van der Waals surface area contributed by atoms with Crippen molar-refractivity contribution in [1.82, 2.24) is 15.1 Å². The maximum atomic E-state index is 12.8. The van der Waals surface area contributed by atoms with Crippen LogP contribution in [-0.4, -0.2) is 53.7 Å². The number of methoxy groups -OCH3 is 1. The number of carbonyl (C=O) groups is 2. The number of aromatic nitrogens is 2. The van der Waals surface area contributed by atoms with Crippen molar-refractivity contribution in [3.8, 4) is 11.3 Å². The number of carbonyl (C=O) groups excluding carboxylic acids is 2. The first kappa shape index (κ1) is 19.4. The maximum Gasteiger partial charge on any atom is 0.271 e. The Morgan fingerprint density at radius 2 is 2.07 bits per heavy atom. The number of halogens is 1. The number of benzene rings is 1. The third kappa shape index (κ3) is 4.14. The normalized spacial score (nSPS) is 16.3. The van der Waals surface area contributed by atoms with Gasteiger partial charge in [0, 0.05) is 37.4 Å². The van der Waals surface area contributed by atoms with E-state index in [1.807, 2.05) is 12.1 Å². The van der Waals surface area contributed by atoms with E-state index in [-0.39, 0.29) is 11.8 Å². The standard InChI is InChI=1S/C19H23ClN4O3/c1-27-10-7-19(18(21)26)5-8-24(9-6-19)17(25)16-12-15(22-23-16)13-3-2-4-14(20)11-13/h2-4,11-12H,5-10H2,1H3,(H2,21,26)(H,22,23). The summed E-state index contributed by atoms with van der Waals surface area (Å²) in [7, 11) is 1.60. The number of hydrogen-bond acceptors (Lipinski definition) is 4. The van der Waals surface area contributed by atoms with Crippen molar-refractivity contribution >= 4 is 23.4 Å². The fourth-order valence-corrected chi connectivity index (χ4v) is 3.64. The zero-order valence-corrected chi connectivity index (χ0v) is 16.0. The van der Waals surface area contributed by atoms with Crippen molar-refractivity contribution in [3.05, 3.63) is 41.0 Å². The molecule has 7 nitrogen and oxygen atoms in total. The van der Waals surface area contributed by atoms with Gasteiger partial charge in [0.1, 0.15) is 5.69 Å². The van der Waals surface area contributed by atoms with E-state index in [0.717, 1.165) is 5.56 Å². The molecule has 8 heteroatoms. The highest BCUT2D eigenvalue weighted by molar-refractivity contribution is 6.30. The lowest BCUT2D eigenvalue weighted by Crippen LogP contribution is -2.49. The Kier molecular flexibility index (Phi) is 5.82. The van der Waals surface area contributed by atoms with E-state index < -0.39 is 5.41 Å². The summed E-state index contributed by atoms with van der Waals surface area (Å²) < 4.78 is 5.11. The monoisotopic (exact) mass is 390 g/mol. The SMILES string of the molecule is COCCC1(C(N)=O)CCN(C(=O)c2cc(-c3cccc(Cl)c3)n[nH]2)CC1. The van der Waals surface area contributed by atoms with Gasteiger partial charge in [-0.25, -0.2) is 0 Å². The summed E-state index contributed by atoms with van der Waals surface area (Å²) in [6.45, 7) is 1.41. The molecular formula is C19H23ClN4O3. The van der Waals surface area contributed by atoms with Gasteiger partial charge in [-0.3, -0.25) is 14.7 Å².